The van der Waals surface area contributed by atoms with Gasteiger partial charge >= 0.3 is 0 Å². The number of aliphatic hydroxyl groups is 1. The quantitative estimate of drug-likeness (QED) is 0.615. The Labute approximate surface area is 175 Å². The van der Waals surface area contributed by atoms with Crippen LogP contribution in [0.2, 0.25) is 0 Å². The summed E-state index contributed by atoms with van der Waals surface area (Å²) in [6.07, 6.45) is 3.19. The van der Waals surface area contributed by atoms with Crippen molar-refractivity contribution in [3.8, 4) is 29.0 Å². The first-order valence-corrected chi connectivity index (χ1v) is 10.2. The van der Waals surface area contributed by atoms with Gasteiger partial charge in [0.25, 0.3) is 0 Å². The molecular formula is C23H25N5O2. The molecule has 1 aliphatic carbocycles. The number of nitrogens with zero attached hydrogens (tertiary/aromatic N) is 4. The van der Waals surface area contributed by atoms with E-state index in [0.29, 0.717) is 34.4 Å². The van der Waals surface area contributed by atoms with Gasteiger partial charge in [-0.15, -0.1) is 0 Å². The monoisotopic (exact) mass is 403 g/mol. The standard InChI is InChI=1S/C23H25N5O2/c1-14(2)28-23(10-20(27-28)16-4-5-16)30-22-9-15(11-24)3-7-18(22)19-8-6-17(13-26-19)21(29)12-25/h3,6-10,13-14,16,21,29H,4-5,12,25H2,1-2H3/t21-/m0/s1. The summed E-state index contributed by atoms with van der Waals surface area (Å²) in [7, 11) is 0. The third-order valence-corrected chi connectivity index (χ3v) is 5.20. The van der Waals surface area contributed by atoms with Crippen LogP contribution in [-0.4, -0.2) is 26.4 Å². The fourth-order valence-corrected chi connectivity index (χ4v) is 3.32. The molecule has 4 rings (SSSR count). The molecule has 2 heterocycles. The van der Waals surface area contributed by atoms with Crippen molar-refractivity contribution in [2.75, 3.05) is 6.54 Å². The number of nitrogens with two attached hydrogens (primary N) is 1. The molecule has 30 heavy (non-hydrogen) atoms. The Bertz CT molecular complexity index is 1080. The topological polar surface area (TPSA) is 110 Å². The lowest BCUT2D eigenvalue weighted by molar-refractivity contribution is 0.186. The van der Waals surface area contributed by atoms with Gasteiger partial charge in [-0.2, -0.15) is 10.4 Å². The van der Waals surface area contributed by atoms with Crippen molar-refractivity contribution in [1.82, 2.24) is 14.8 Å². The van der Waals surface area contributed by atoms with E-state index in [1.807, 2.05) is 22.9 Å². The molecule has 1 saturated carbocycles. The third kappa shape index (κ3) is 4.06. The fourth-order valence-electron chi connectivity index (χ4n) is 3.32. The summed E-state index contributed by atoms with van der Waals surface area (Å²) in [6, 6.07) is 13.2. The average molecular weight is 403 g/mol. The zero-order valence-corrected chi connectivity index (χ0v) is 17.1. The molecule has 0 saturated heterocycles. The van der Waals surface area contributed by atoms with Gasteiger partial charge in [-0.05, 0) is 51.0 Å². The molecule has 1 aromatic carbocycles. The lowest BCUT2D eigenvalue weighted by Crippen LogP contribution is -2.11. The van der Waals surface area contributed by atoms with Crippen LogP contribution in [0.1, 0.15) is 61.6 Å². The maximum absolute atomic E-state index is 9.91. The van der Waals surface area contributed by atoms with Crippen LogP contribution >= 0.6 is 0 Å². The Hall–Kier alpha value is -3.21. The van der Waals surface area contributed by atoms with Crippen molar-refractivity contribution < 1.29 is 9.84 Å². The Morgan fingerprint density at radius 1 is 1.27 bits per heavy atom. The molecule has 0 unspecified atom stereocenters. The average Bonchev–Trinajstić information content (AvgIpc) is 3.53. The van der Waals surface area contributed by atoms with Crippen LogP contribution in [0.4, 0.5) is 0 Å². The summed E-state index contributed by atoms with van der Waals surface area (Å²) in [6.45, 7) is 4.26. The number of aliphatic hydroxyl groups excluding tert-OH is 1. The van der Waals surface area contributed by atoms with Crippen LogP contribution in [-0.2, 0) is 0 Å². The van der Waals surface area contributed by atoms with Gasteiger partial charge in [0.05, 0.1) is 35.2 Å². The first-order chi connectivity index (χ1) is 14.5. The predicted octanol–water partition coefficient (Wildman–Crippen LogP) is 4.06. The van der Waals surface area contributed by atoms with Crippen LogP contribution in [0.5, 0.6) is 11.6 Å². The molecule has 3 N–H and O–H groups in total. The summed E-state index contributed by atoms with van der Waals surface area (Å²) in [4.78, 5) is 4.48. The third-order valence-electron chi connectivity index (χ3n) is 5.20. The van der Waals surface area contributed by atoms with E-state index in [0.717, 1.165) is 24.1 Å². The summed E-state index contributed by atoms with van der Waals surface area (Å²) in [5.74, 6) is 1.71. The van der Waals surface area contributed by atoms with E-state index >= 15 is 0 Å². The number of pyridine rings is 1. The van der Waals surface area contributed by atoms with Gasteiger partial charge < -0.3 is 15.6 Å². The van der Waals surface area contributed by atoms with E-state index in [4.69, 9.17) is 15.6 Å². The summed E-state index contributed by atoms with van der Waals surface area (Å²) in [5.41, 5.74) is 9.17. The maximum atomic E-state index is 9.91. The number of hydrogen-bond donors (Lipinski definition) is 2. The van der Waals surface area contributed by atoms with E-state index in [1.165, 1.54) is 0 Å². The molecular weight excluding hydrogens is 378 g/mol. The highest BCUT2D eigenvalue weighted by molar-refractivity contribution is 5.69. The van der Waals surface area contributed by atoms with Gasteiger partial charge in [-0.25, -0.2) is 4.68 Å². The van der Waals surface area contributed by atoms with Gasteiger partial charge in [0, 0.05) is 35.9 Å². The van der Waals surface area contributed by atoms with Crippen LogP contribution in [0, 0.1) is 11.3 Å². The maximum Gasteiger partial charge on any atom is 0.218 e. The van der Waals surface area contributed by atoms with Crippen LogP contribution in [0.25, 0.3) is 11.3 Å². The predicted molar refractivity (Wildman–Crippen MR) is 113 cm³/mol. The van der Waals surface area contributed by atoms with E-state index < -0.39 is 6.10 Å². The molecule has 0 radical (unpaired) electrons. The number of rotatable bonds is 7. The van der Waals surface area contributed by atoms with Crippen LogP contribution in [0.3, 0.4) is 0 Å². The molecule has 1 atom stereocenters. The molecule has 154 valence electrons. The van der Waals surface area contributed by atoms with E-state index in [1.54, 1.807) is 24.4 Å². The van der Waals surface area contributed by atoms with Crippen molar-refractivity contribution >= 4 is 0 Å². The molecule has 0 spiro atoms. The summed E-state index contributed by atoms with van der Waals surface area (Å²) < 4.78 is 8.18. The van der Waals surface area contributed by atoms with Gasteiger partial charge in [-0.3, -0.25) is 4.98 Å². The smallest absolute Gasteiger partial charge is 0.218 e. The summed E-state index contributed by atoms with van der Waals surface area (Å²) in [5, 5.41) is 24.0. The molecule has 7 heteroatoms. The molecule has 3 aromatic rings. The second kappa shape index (κ2) is 8.27. The highest BCUT2D eigenvalue weighted by Gasteiger charge is 2.28. The highest BCUT2D eigenvalue weighted by atomic mass is 16.5. The lowest BCUT2D eigenvalue weighted by Gasteiger charge is -2.15. The number of benzene rings is 1. The molecule has 0 amide bonds. The molecule has 2 aromatic heterocycles. The van der Waals surface area contributed by atoms with Crippen LogP contribution < -0.4 is 10.5 Å². The first kappa shape index (κ1) is 20.1. The molecule has 7 nitrogen and oxygen atoms in total. The van der Waals surface area contributed by atoms with E-state index in [2.05, 4.69) is 24.9 Å². The van der Waals surface area contributed by atoms with Gasteiger partial charge in [0.2, 0.25) is 5.88 Å². The van der Waals surface area contributed by atoms with E-state index in [9.17, 15) is 10.4 Å². The normalized spacial score (nSPS) is 14.5. The first-order valence-electron chi connectivity index (χ1n) is 10.2. The zero-order chi connectivity index (χ0) is 21.3. The van der Waals surface area contributed by atoms with Gasteiger partial charge in [0.1, 0.15) is 5.75 Å². The number of ether oxygens (including phenoxy) is 1. The zero-order valence-electron chi connectivity index (χ0n) is 17.1. The lowest BCUT2D eigenvalue weighted by atomic mass is 10.1. The molecule has 1 aliphatic rings. The van der Waals surface area contributed by atoms with Crippen molar-refractivity contribution in [2.45, 2.75) is 44.8 Å². The minimum atomic E-state index is -0.746. The Morgan fingerprint density at radius 2 is 2.07 bits per heavy atom. The van der Waals surface area contributed by atoms with Gasteiger partial charge in [0.15, 0.2) is 0 Å². The number of aromatic nitrogens is 3. The Morgan fingerprint density at radius 3 is 2.67 bits per heavy atom. The molecule has 1 fully saturated rings. The summed E-state index contributed by atoms with van der Waals surface area (Å²) >= 11 is 0. The van der Waals surface area contributed by atoms with Crippen molar-refractivity contribution in [2.24, 2.45) is 5.73 Å². The minimum absolute atomic E-state index is 0.134. The van der Waals surface area contributed by atoms with Crippen LogP contribution in [0.15, 0.2) is 42.6 Å². The second-order valence-electron chi connectivity index (χ2n) is 7.87. The molecule has 0 bridgehead atoms. The highest BCUT2D eigenvalue weighted by Crippen LogP contribution is 2.42. The minimum Gasteiger partial charge on any atom is -0.439 e. The largest absolute Gasteiger partial charge is 0.439 e. The van der Waals surface area contributed by atoms with E-state index in [-0.39, 0.29) is 12.6 Å². The number of nitriles is 1. The van der Waals surface area contributed by atoms with Crippen molar-refractivity contribution in [3.05, 3.63) is 59.4 Å². The number of hydrogen-bond acceptors (Lipinski definition) is 6. The molecule has 0 aliphatic heterocycles. The second-order valence-corrected chi connectivity index (χ2v) is 7.87. The van der Waals surface area contributed by atoms with Gasteiger partial charge in [-0.1, -0.05) is 6.07 Å². The van der Waals surface area contributed by atoms with Crippen molar-refractivity contribution in [3.63, 3.8) is 0 Å². The van der Waals surface area contributed by atoms with Crippen molar-refractivity contribution in [1.29, 1.82) is 5.26 Å². The SMILES string of the molecule is CC(C)n1nc(C2CC2)cc1Oc1cc(C#N)ccc1-c1ccc([C@@H](O)CN)cn1. The Kier molecular flexibility index (Phi) is 5.53. The fraction of sp³-hybridized carbons (Fsp3) is 0.348. The Balaban J connectivity index is 1.72.